The number of nitrogens with two attached hydrogens (primary N) is 1. The zero-order valence-corrected chi connectivity index (χ0v) is 10.9. The van der Waals surface area contributed by atoms with E-state index in [1.807, 2.05) is 17.5 Å². The van der Waals surface area contributed by atoms with E-state index in [0.29, 0.717) is 19.8 Å². The number of hydrogen-bond acceptors (Lipinski definition) is 5. The first-order valence-electron chi connectivity index (χ1n) is 5.83. The zero-order chi connectivity index (χ0) is 12.5. The van der Waals surface area contributed by atoms with Crippen LogP contribution in [0.2, 0.25) is 0 Å². The summed E-state index contributed by atoms with van der Waals surface area (Å²) in [5.41, 5.74) is 8.73. The molecule has 0 atom stereocenters. The SMILES string of the molecule is Cc1cc2c(cc1-c1nc(CN)cs1)OCCO2. The molecule has 0 unspecified atom stereocenters. The van der Waals surface area contributed by atoms with Crippen molar-refractivity contribution in [1.29, 1.82) is 0 Å². The number of ether oxygens (including phenoxy) is 2. The molecule has 0 aliphatic carbocycles. The van der Waals surface area contributed by atoms with Crippen molar-refractivity contribution in [1.82, 2.24) is 4.98 Å². The van der Waals surface area contributed by atoms with Crippen LogP contribution < -0.4 is 15.2 Å². The molecule has 2 heterocycles. The van der Waals surface area contributed by atoms with Crippen molar-refractivity contribution in [2.45, 2.75) is 13.5 Å². The van der Waals surface area contributed by atoms with Gasteiger partial charge in [-0.1, -0.05) is 0 Å². The molecular weight excluding hydrogens is 248 g/mol. The standard InChI is InChI=1S/C13H14N2O2S/c1-8-4-11-12(17-3-2-16-11)5-10(8)13-15-9(6-14)7-18-13/h4-5,7H,2-3,6,14H2,1H3. The highest BCUT2D eigenvalue weighted by Crippen LogP contribution is 2.38. The van der Waals surface area contributed by atoms with Gasteiger partial charge in [-0.3, -0.25) is 0 Å². The van der Waals surface area contributed by atoms with Crippen molar-refractivity contribution in [2.75, 3.05) is 13.2 Å². The highest BCUT2D eigenvalue weighted by molar-refractivity contribution is 7.13. The predicted octanol–water partition coefficient (Wildman–Crippen LogP) is 2.35. The van der Waals surface area contributed by atoms with Crippen LogP contribution in [-0.4, -0.2) is 18.2 Å². The maximum Gasteiger partial charge on any atom is 0.162 e. The van der Waals surface area contributed by atoms with Gasteiger partial charge in [0.2, 0.25) is 0 Å². The first kappa shape index (κ1) is 11.5. The molecule has 0 amide bonds. The summed E-state index contributed by atoms with van der Waals surface area (Å²) in [7, 11) is 0. The summed E-state index contributed by atoms with van der Waals surface area (Å²) in [5, 5.41) is 2.97. The average molecular weight is 262 g/mol. The molecule has 2 aromatic rings. The number of benzene rings is 1. The van der Waals surface area contributed by atoms with Gasteiger partial charge < -0.3 is 15.2 Å². The average Bonchev–Trinajstić information content (AvgIpc) is 2.86. The lowest BCUT2D eigenvalue weighted by atomic mass is 10.1. The third kappa shape index (κ3) is 1.95. The van der Waals surface area contributed by atoms with E-state index in [2.05, 4.69) is 11.9 Å². The van der Waals surface area contributed by atoms with Gasteiger partial charge in [-0.25, -0.2) is 4.98 Å². The fourth-order valence-electron chi connectivity index (χ4n) is 1.95. The fraction of sp³-hybridized carbons (Fsp3) is 0.308. The highest BCUT2D eigenvalue weighted by atomic mass is 32.1. The van der Waals surface area contributed by atoms with Gasteiger partial charge in [-0.2, -0.15) is 0 Å². The summed E-state index contributed by atoms with van der Waals surface area (Å²) < 4.78 is 11.2. The molecule has 1 aromatic carbocycles. The van der Waals surface area contributed by atoms with Gasteiger partial charge in [0.1, 0.15) is 18.2 Å². The van der Waals surface area contributed by atoms with E-state index in [1.54, 1.807) is 11.3 Å². The largest absolute Gasteiger partial charge is 0.486 e. The van der Waals surface area contributed by atoms with E-state index in [1.165, 1.54) is 0 Å². The molecule has 5 heteroatoms. The van der Waals surface area contributed by atoms with Crippen LogP contribution in [0, 0.1) is 6.92 Å². The molecule has 0 bridgehead atoms. The Bertz CT molecular complexity index is 580. The number of aromatic nitrogens is 1. The molecular formula is C13H14N2O2S. The van der Waals surface area contributed by atoms with Gasteiger partial charge in [-0.05, 0) is 24.6 Å². The van der Waals surface area contributed by atoms with Crippen molar-refractivity contribution >= 4 is 11.3 Å². The Labute approximate surface area is 109 Å². The summed E-state index contributed by atoms with van der Waals surface area (Å²) >= 11 is 1.60. The number of aryl methyl sites for hydroxylation is 1. The molecule has 1 aromatic heterocycles. The van der Waals surface area contributed by atoms with Gasteiger partial charge in [-0.15, -0.1) is 11.3 Å². The molecule has 1 aliphatic rings. The van der Waals surface area contributed by atoms with E-state index in [9.17, 15) is 0 Å². The predicted molar refractivity (Wildman–Crippen MR) is 71.2 cm³/mol. The number of rotatable bonds is 2. The van der Waals surface area contributed by atoms with E-state index < -0.39 is 0 Å². The Morgan fingerprint density at radius 1 is 1.28 bits per heavy atom. The van der Waals surface area contributed by atoms with E-state index in [4.69, 9.17) is 15.2 Å². The van der Waals surface area contributed by atoms with Crippen LogP contribution in [0.3, 0.4) is 0 Å². The molecule has 94 valence electrons. The number of hydrogen-bond donors (Lipinski definition) is 1. The van der Waals surface area contributed by atoms with Gasteiger partial charge in [0.15, 0.2) is 11.5 Å². The number of thiazole rings is 1. The third-order valence-corrected chi connectivity index (χ3v) is 3.80. The molecule has 0 radical (unpaired) electrons. The summed E-state index contributed by atoms with van der Waals surface area (Å²) in [4.78, 5) is 4.51. The summed E-state index contributed by atoms with van der Waals surface area (Å²) in [6.07, 6.45) is 0. The minimum absolute atomic E-state index is 0.472. The Morgan fingerprint density at radius 2 is 2.00 bits per heavy atom. The Hall–Kier alpha value is -1.59. The quantitative estimate of drug-likeness (QED) is 0.902. The fourth-order valence-corrected chi connectivity index (χ4v) is 2.86. The lowest BCUT2D eigenvalue weighted by Gasteiger charge is -2.19. The van der Waals surface area contributed by atoms with Crippen LogP contribution in [-0.2, 0) is 6.54 Å². The van der Waals surface area contributed by atoms with Crippen molar-refractivity contribution < 1.29 is 9.47 Å². The van der Waals surface area contributed by atoms with Crippen molar-refractivity contribution in [3.8, 4) is 22.1 Å². The van der Waals surface area contributed by atoms with Crippen LogP contribution in [0.1, 0.15) is 11.3 Å². The molecule has 3 rings (SSSR count). The molecule has 2 N–H and O–H groups in total. The second-order valence-electron chi connectivity index (χ2n) is 4.16. The van der Waals surface area contributed by atoms with Crippen molar-refractivity contribution in [2.24, 2.45) is 5.73 Å². The monoisotopic (exact) mass is 262 g/mol. The second-order valence-corrected chi connectivity index (χ2v) is 5.02. The lowest BCUT2D eigenvalue weighted by Crippen LogP contribution is -2.15. The Kier molecular flexibility index (Phi) is 2.93. The van der Waals surface area contributed by atoms with E-state index >= 15 is 0 Å². The molecule has 0 saturated heterocycles. The van der Waals surface area contributed by atoms with E-state index in [-0.39, 0.29) is 0 Å². The van der Waals surface area contributed by atoms with Gasteiger partial charge >= 0.3 is 0 Å². The summed E-state index contributed by atoms with van der Waals surface area (Å²) in [5.74, 6) is 1.62. The van der Waals surface area contributed by atoms with Gasteiger partial charge in [0.25, 0.3) is 0 Å². The molecule has 4 nitrogen and oxygen atoms in total. The van der Waals surface area contributed by atoms with Crippen molar-refractivity contribution in [3.05, 3.63) is 28.8 Å². The highest BCUT2D eigenvalue weighted by Gasteiger charge is 2.16. The van der Waals surface area contributed by atoms with Crippen LogP contribution in [0.4, 0.5) is 0 Å². The van der Waals surface area contributed by atoms with E-state index in [0.717, 1.165) is 33.3 Å². The van der Waals surface area contributed by atoms with Crippen LogP contribution in [0.25, 0.3) is 10.6 Å². The normalized spacial score (nSPS) is 13.7. The smallest absolute Gasteiger partial charge is 0.162 e. The molecule has 0 spiro atoms. The van der Waals surface area contributed by atoms with Crippen LogP contribution >= 0.6 is 11.3 Å². The third-order valence-electron chi connectivity index (χ3n) is 2.88. The summed E-state index contributed by atoms with van der Waals surface area (Å²) in [6.45, 7) is 3.74. The van der Waals surface area contributed by atoms with Crippen LogP contribution in [0.5, 0.6) is 11.5 Å². The maximum absolute atomic E-state index is 5.60. The first-order valence-corrected chi connectivity index (χ1v) is 6.71. The second kappa shape index (κ2) is 4.59. The molecule has 18 heavy (non-hydrogen) atoms. The lowest BCUT2D eigenvalue weighted by molar-refractivity contribution is 0.171. The maximum atomic E-state index is 5.60. The van der Waals surface area contributed by atoms with Gasteiger partial charge in [0, 0.05) is 17.5 Å². The summed E-state index contributed by atoms with van der Waals surface area (Å²) in [6, 6.07) is 4.01. The number of nitrogens with zero attached hydrogens (tertiary/aromatic N) is 1. The Balaban J connectivity index is 2.06. The van der Waals surface area contributed by atoms with Gasteiger partial charge in [0.05, 0.1) is 5.69 Å². The van der Waals surface area contributed by atoms with Crippen LogP contribution in [0.15, 0.2) is 17.5 Å². The molecule has 1 aliphatic heterocycles. The number of fused-ring (bicyclic) bond motifs is 1. The minimum atomic E-state index is 0.472. The zero-order valence-electron chi connectivity index (χ0n) is 10.1. The van der Waals surface area contributed by atoms with Crippen molar-refractivity contribution in [3.63, 3.8) is 0 Å². The first-order chi connectivity index (χ1) is 8.78. The minimum Gasteiger partial charge on any atom is -0.486 e. The molecule has 0 saturated carbocycles. The molecule has 0 fully saturated rings. The Morgan fingerprint density at radius 3 is 2.67 bits per heavy atom. The topological polar surface area (TPSA) is 57.4 Å².